The number of nitrogens with zero attached hydrogens (tertiary/aromatic N) is 5. The molecule has 7 nitrogen and oxygen atoms in total. The third-order valence-electron chi connectivity index (χ3n) is 6.43. The zero-order valence-corrected chi connectivity index (χ0v) is 18.9. The van der Waals surface area contributed by atoms with Crippen molar-refractivity contribution in [1.29, 1.82) is 5.26 Å². The van der Waals surface area contributed by atoms with Crippen LogP contribution in [0.4, 0.5) is 5.13 Å². The maximum absolute atomic E-state index is 13.6. The van der Waals surface area contributed by atoms with Crippen LogP contribution in [0.5, 0.6) is 0 Å². The Labute approximate surface area is 194 Å². The molecule has 4 aromatic rings. The quantitative estimate of drug-likeness (QED) is 0.471. The summed E-state index contributed by atoms with van der Waals surface area (Å²) in [6.45, 7) is 3.95. The number of anilines is 1. The highest BCUT2D eigenvalue weighted by atomic mass is 32.1. The molecule has 162 valence electrons. The first-order valence-corrected chi connectivity index (χ1v) is 11.6. The number of hydrazine groups is 1. The summed E-state index contributed by atoms with van der Waals surface area (Å²) >= 11 is 1.56. The van der Waals surface area contributed by atoms with Gasteiger partial charge in [-0.25, -0.2) is 15.4 Å². The number of hydrogen-bond acceptors (Lipinski definition) is 8. The average molecular weight is 453 g/mol. The zero-order chi connectivity index (χ0) is 22.7. The van der Waals surface area contributed by atoms with Crippen molar-refractivity contribution < 1.29 is 4.79 Å². The molecular formula is C25H20N6OS. The molecule has 3 heterocycles. The normalized spacial score (nSPS) is 22.1. The van der Waals surface area contributed by atoms with Crippen molar-refractivity contribution in [2.45, 2.75) is 26.3 Å². The molecule has 8 heteroatoms. The van der Waals surface area contributed by atoms with Gasteiger partial charge >= 0.3 is 0 Å². The molecule has 0 saturated heterocycles. The summed E-state index contributed by atoms with van der Waals surface area (Å²) in [6.07, 6.45) is 2.29. The number of para-hydroxylation sites is 3. The van der Waals surface area contributed by atoms with Crippen molar-refractivity contribution >= 4 is 43.5 Å². The van der Waals surface area contributed by atoms with Gasteiger partial charge in [-0.1, -0.05) is 49.4 Å². The van der Waals surface area contributed by atoms with Gasteiger partial charge in [-0.3, -0.25) is 14.8 Å². The van der Waals surface area contributed by atoms with E-state index < -0.39 is 17.4 Å². The average Bonchev–Trinajstić information content (AvgIpc) is 3.40. The van der Waals surface area contributed by atoms with E-state index in [4.69, 9.17) is 9.97 Å². The summed E-state index contributed by atoms with van der Waals surface area (Å²) in [5.41, 5.74) is 7.54. The first kappa shape index (κ1) is 20.0. The van der Waals surface area contributed by atoms with Gasteiger partial charge in [0.15, 0.2) is 5.78 Å². The number of rotatable bonds is 2. The molecule has 2 atom stereocenters. The van der Waals surface area contributed by atoms with Crippen LogP contribution in [0.2, 0.25) is 0 Å². The predicted molar refractivity (Wildman–Crippen MR) is 127 cm³/mol. The second-order valence-electron chi connectivity index (χ2n) is 9.10. The van der Waals surface area contributed by atoms with E-state index in [1.165, 1.54) is 0 Å². The second kappa shape index (κ2) is 7.17. The number of nitriles is 1. The van der Waals surface area contributed by atoms with Crippen LogP contribution in [0.25, 0.3) is 21.3 Å². The van der Waals surface area contributed by atoms with E-state index in [2.05, 4.69) is 16.5 Å². The molecule has 0 saturated carbocycles. The molecule has 0 fully saturated rings. The Bertz CT molecular complexity index is 1480. The monoisotopic (exact) mass is 452 g/mol. The highest BCUT2D eigenvalue weighted by molar-refractivity contribution is 7.22. The van der Waals surface area contributed by atoms with Crippen molar-refractivity contribution in [3.8, 4) is 6.07 Å². The SMILES string of the molecule is CC1(C)CC2=C(C(=O)C1C#N)C(c1cnc3ccccc3n1)NN2c1nc2ccccc2s1. The lowest BCUT2D eigenvalue weighted by molar-refractivity contribution is -0.121. The molecule has 2 aromatic heterocycles. The van der Waals surface area contributed by atoms with Crippen LogP contribution in [0.1, 0.15) is 32.0 Å². The highest BCUT2D eigenvalue weighted by Gasteiger charge is 2.50. The van der Waals surface area contributed by atoms with Crippen LogP contribution >= 0.6 is 11.3 Å². The van der Waals surface area contributed by atoms with Gasteiger partial charge in [0.25, 0.3) is 0 Å². The van der Waals surface area contributed by atoms with Gasteiger partial charge in [0.1, 0.15) is 12.0 Å². The smallest absolute Gasteiger partial charge is 0.205 e. The number of nitrogens with one attached hydrogen (secondary N) is 1. The van der Waals surface area contributed by atoms with Gasteiger partial charge < -0.3 is 0 Å². The molecule has 1 N–H and O–H groups in total. The number of carbonyl (C=O) groups excluding carboxylic acids is 1. The number of Topliss-reactive ketones (excluding diaryl/α,β-unsaturated/α-hetero) is 1. The van der Waals surface area contributed by atoms with Gasteiger partial charge in [0.05, 0.1) is 39.2 Å². The third kappa shape index (κ3) is 3.04. The maximum Gasteiger partial charge on any atom is 0.205 e. The number of benzene rings is 2. The number of aromatic nitrogens is 3. The summed E-state index contributed by atoms with van der Waals surface area (Å²) < 4.78 is 1.07. The van der Waals surface area contributed by atoms with E-state index in [-0.39, 0.29) is 5.78 Å². The van der Waals surface area contributed by atoms with Gasteiger partial charge in [-0.05, 0) is 36.1 Å². The van der Waals surface area contributed by atoms with Crippen molar-refractivity contribution in [3.63, 3.8) is 0 Å². The standard InChI is InChI=1S/C25H20N6OS/c1-25(2)11-19-21(23(32)14(25)12-26)22(18-13-27-15-7-3-4-8-16(15)28-18)30-31(19)24-29-17-9-5-6-10-20(17)33-24/h3-10,13-14,22,30H,11H2,1-2H3. The van der Waals surface area contributed by atoms with Crippen molar-refractivity contribution in [2.75, 3.05) is 5.01 Å². The second-order valence-corrected chi connectivity index (χ2v) is 10.1. The lowest BCUT2D eigenvalue weighted by Crippen LogP contribution is -2.38. The number of allylic oxidation sites excluding steroid dienone is 1. The summed E-state index contributed by atoms with van der Waals surface area (Å²) in [4.78, 5) is 27.8. The molecule has 2 aliphatic rings. The molecule has 1 aliphatic carbocycles. The number of hydrogen-bond donors (Lipinski definition) is 1. The van der Waals surface area contributed by atoms with Crippen LogP contribution in [-0.4, -0.2) is 20.7 Å². The Morgan fingerprint density at radius 2 is 1.82 bits per heavy atom. The van der Waals surface area contributed by atoms with Crippen LogP contribution in [0.15, 0.2) is 66.0 Å². The van der Waals surface area contributed by atoms with E-state index >= 15 is 0 Å². The molecule has 0 bridgehead atoms. The third-order valence-corrected chi connectivity index (χ3v) is 7.45. The Hall–Kier alpha value is -3.67. The van der Waals surface area contributed by atoms with E-state index in [9.17, 15) is 10.1 Å². The van der Waals surface area contributed by atoms with Gasteiger partial charge in [-0.2, -0.15) is 5.26 Å². The lowest BCUT2D eigenvalue weighted by Gasteiger charge is -2.35. The Morgan fingerprint density at radius 3 is 2.58 bits per heavy atom. The molecular weight excluding hydrogens is 432 g/mol. The Morgan fingerprint density at radius 1 is 1.09 bits per heavy atom. The molecule has 0 spiro atoms. The molecule has 2 aromatic carbocycles. The van der Waals surface area contributed by atoms with Crippen molar-refractivity contribution in [3.05, 3.63) is 71.7 Å². The fourth-order valence-corrected chi connectivity index (χ4v) is 5.71. The predicted octanol–water partition coefficient (Wildman–Crippen LogP) is 4.70. The van der Waals surface area contributed by atoms with Gasteiger partial charge in [-0.15, -0.1) is 0 Å². The molecule has 1 aliphatic heterocycles. The number of fused-ring (bicyclic) bond motifs is 2. The lowest BCUT2D eigenvalue weighted by atomic mass is 9.67. The van der Waals surface area contributed by atoms with Gasteiger partial charge in [0.2, 0.25) is 5.13 Å². The topological polar surface area (TPSA) is 94.8 Å². The van der Waals surface area contributed by atoms with Gasteiger partial charge in [0, 0.05) is 11.3 Å². The fourth-order valence-electron chi connectivity index (χ4n) is 4.75. The summed E-state index contributed by atoms with van der Waals surface area (Å²) in [6, 6.07) is 17.4. The number of thiazole rings is 1. The fraction of sp³-hybridized carbons (Fsp3) is 0.240. The van der Waals surface area contributed by atoms with E-state index in [1.54, 1.807) is 17.5 Å². The van der Waals surface area contributed by atoms with Crippen LogP contribution in [-0.2, 0) is 4.79 Å². The minimum atomic E-state index is -0.718. The van der Waals surface area contributed by atoms with Crippen LogP contribution < -0.4 is 10.4 Å². The molecule has 2 unspecified atom stereocenters. The summed E-state index contributed by atoms with van der Waals surface area (Å²) in [7, 11) is 0. The summed E-state index contributed by atoms with van der Waals surface area (Å²) in [5.74, 6) is -0.871. The first-order valence-electron chi connectivity index (χ1n) is 10.8. The van der Waals surface area contributed by atoms with E-state index in [0.717, 1.165) is 32.1 Å². The minimum absolute atomic E-state index is 0.153. The summed E-state index contributed by atoms with van der Waals surface area (Å²) in [5, 5.41) is 12.5. The molecule has 0 amide bonds. The Balaban J connectivity index is 1.52. The zero-order valence-electron chi connectivity index (χ0n) is 18.1. The van der Waals surface area contributed by atoms with E-state index in [1.807, 2.05) is 67.4 Å². The Kier molecular flexibility index (Phi) is 4.34. The first-order chi connectivity index (χ1) is 16.0. The number of carbonyl (C=O) groups is 1. The molecule has 0 radical (unpaired) electrons. The van der Waals surface area contributed by atoms with Crippen molar-refractivity contribution in [2.24, 2.45) is 11.3 Å². The molecule has 6 rings (SSSR count). The number of ketones is 1. The van der Waals surface area contributed by atoms with Crippen molar-refractivity contribution in [1.82, 2.24) is 20.4 Å². The van der Waals surface area contributed by atoms with Crippen LogP contribution in [0, 0.1) is 22.7 Å². The van der Waals surface area contributed by atoms with Crippen LogP contribution in [0.3, 0.4) is 0 Å². The minimum Gasteiger partial charge on any atom is -0.293 e. The van der Waals surface area contributed by atoms with E-state index in [0.29, 0.717) is 17.7 Å². The maximum atomic E-state index is 13.6. The highest BCUT2D eigenvalue weighted by Crippen LogP contribution is 2.49. The largest absolute Gasteiger partial charge is 0.293 e. The molecule has 33 heavy (non-hydrogen) atoms.